The summed E-state index contributed by atoms with van der Waals surface area (Å²) < 4.78 is 10.0. The molecule has 6 heteroatoms. The number of esters is 1. The summed E-state index contributed by atoms with van der Waals surface area (Å²) in [6, 6.07) is 0. The standard InChI is InChI=1S/C11H16N2O4/c1-16-11(15)3-5-12-7-9(14)13-4-2-6-17-10(13)8-12/h3,5,10H,2,4,6-8H2,1H3/b5-3+. The van der Waals surface area contributed by atoms with E-state index >= 15 is 0 Å². The van der Waals surface area contributed by atoms with E-state index in [1.807, 2.05) is 0 Å². The molecule has 0 aromatic heterocycles. The van der Waals surface area contributed by atoms with Crippen LogP contribution in [0.15, 0.2) is 12.3 Å². The fourth-order valence-corrected chi connectivity index (χ4v) is 2.00. The van der Waals surface area contributed by atoms with Crippen LogP contribution in [0.25, 0.3) is 0 Å². The molecular formula is C11H16N2O4. The molecule has 1 atom stereocenters. The lowest BCUT2D eigenvalue weighted by Gasteiger charge is -2.42. The third-order valence-corrected chi connectivity index (χ3v) is 2.87. The van der Waals surface area contributed by atoms with Crippen molar-refractivity contribution in [3.05, 3.63) is 12.3 Å². The van der Waals surface area contributed by atoms with Gasteiger partial charge < -0.3 is 19.3 Å². The zero-order chi connectivity index (χ0) is 12.3. The smallest absolute Gasteiger partial charge is 0.331 e. The van der Waals surface area contributed by atoms with Crippen molar-refractivity contribution >= 4 is 11.9 Å². The highest BCUT2D eigenvalue weighted by molar-refractivity contribution is 5.82. The molecule has 2 aliphatic rings. The zero-order valence-corrected chi connectivity index (χ0v) is 9.80. The number of methoxy groups -OCH3 is 1. The van der Waals surface area contributed by atoms with Gasteiger partial charge >= 0.3 is 5.97 Å². The summed E-state index contributed by atoms with van der Waals surface area (Å²) >= 11 is 0. The van der Waals surface area contributed by atoms with Crippen molar-refractivity contribution in [1.29, 1.82) is 0 Å². The van der Waals surface area contributed by atoms with Gasteiger partial charge in [0.05, 0.1) is 26.8 Å². The number of carbonyl (C=O) groups excluding carboxylic acids is 2. The lowest BCUT2D eigenvalue weighted by atomic mass is 10.2. The Bertz CT molecular complexity index is 342. The predicted octanol–water partition coefficient (Wildman–Crippen LogP) is -0.436. The first-order chi connectivity index (χ1) is 8.20. The average Bonchev–Trinajstić information content (AvgIpc) is 2.36. The number of nitrogens with zero attached hydrogens (tertiary/aromatic N) is 2. The van der Waals surface area contributed by atoms with E-state index in [2.05, 4.69) is 4.74 Å². The summed E-state index contributed by atoms with van der Waals surface area (Å²) in [6.45, 7) is 2.33. The van der Waals surface area contributed by atoms with Crippen LogP contribution in [-0.2, 0) is 19.1 Å². The second-order valence-corrected chi connectivity index (χ2v) is 4.03. The molecule has 1 unspecified atom stereocenters. The molecule has 0 N–H and O–H groups in total. The number of hydrogen-bond acceptors (Lipinski definition) is 5. The molecule has 17 heavy (non-hydrogen) atoms. The maximum atomic E-state index is 11.8. The Hall–Kier alpha value is -1.56. The molecule has 2 heterocycles. The Balaban J connectivity index is 1.96. The first-order valence-electron chi connectivity index (χ1n) is 5.62. The summed E-state index contributed by atoms with van der Waals surface area (Å²) in [6.07, 6.45) is 3.60. The molecular weight excluding hydrogens is 224 g/mol. The second-order valence-electron chi connectivity index (χ2n) is 4.03. The molecule has 2 aliphatic heterocycles. The van der Waals surface area contributed by atoms with Crippen LogP contribution in [0, 0.1) is 0 Å². The summed E-state index contributed by atoms with van der Waals surface area (Å²) in [5.74, 6) is -0.389. The van der Waals surface area contributed by atoms with Crippen molar-refractivity contribution in [1.82, 2.24) is 9.80 Å². The molecule has 94 valence electrons. The highest BCUT2D eigenvalue weighted by Gasteiger charge is 2.33. The lowest BCUT2D eigenvalue weighted by molar-refractivity contribution is -0.166. The molecule has 0 saturated carbocycles. The van der Waals surface area contributed by atoms with Gasteiger partial charge in [-0.1, -0.05) is 0 Å². The number of amides is 1. The van der Waals surface area contributed by atoms with E-state index in [1.165, 1.54) is 13.2 Å². The van der Waals surface area contributed by atoms with Gasteiger partial charge in [-0.15, -0.1) is 0 Å². The number of piperazine rings is 1. The van der Waals surface area contributed by atoms with E-state index < -0.39 is 5.97 Å². The quantitative estimate of drug-likeness (QED) is 0.484. The molecule has 1 amide bonds. The molecule has 2 saturated heterocycles. The molecule has 0 aliphatic carbocycles. The van der Waals surface area contributed by atoms with Crippen LogP contribution in [0.2, 0.25) is 0 Å². The van der Waals surface area contributed by atoms with Crippen LogP contribution in [0.4, 0.5) is 0 Å². The lowest BCUT2D eigenvalue weighted by Crippen LogP contribution is -2.58. The van der Waals surface area contributed by atoms with E-state index in [0.29, 0.717) is 13.2 Å². The highest BCUT2D eigenvalue weighted by Crippen LogP contribution is 2.17. The van der Waals surface area contributed by atoms with Gasteiger partial charge in [-0.3, -0.25) is 4.79 Å². The van der Waals surface area contributed by atoms with Crippen molar-refractivity contribution in [2.45, 2.75) is 12.6 Å². The molecule has 6 nitrogen and oxygen atoms in total. The topological polar surface area (TPSA) is 59.1 Å². The molecule has 2 fully saturated rings. The van der Waals surface area contributed by atoms with Crippen molar-refractivity contribution in [2.75, 3.05) is 33.4 Å². The van der Waals surface area contributed by atoms with Gasteiger partial charge in [-0.05, 0) is 6.42 Å². The second kappa shape index (κ2) is 5.18. The van der Waals surface area contributed by atoms with Crippen molar-refractivity contribution < 1.29 is 19.1 Å². The predicted molar refractivity (Wildman–Crippen MR) is 58.8 cm³/mol. The molecule has 2 rings (SSSR count). The number of carbonyl (C=O) groups is 2. The molecule has 0 bridgehead atoms. The first-order valence-corrected chi connectivity index (χ1v) is 5.62. The maximum absolute atomic E-state index is 11.8. The summed E-state index contributed by atoms with van der Waals surface area (Å²) in [5.41, 5.74) is 0. The third kappa shape index (κ3) is 2.76. The van der Waals surface area contributed by atoms with Gasteiger partial charge in [0.2, 0.25) is 5.91 Å². The molecule has 0 spiro atoms. The minimum absolute atomic E-state index is 0.0375. The normalized spacial score (nSPS) is 25.0. The van der Waals surface area contributed by atoms with Crippen LogP contribution in [0.1, 0.15) is 6.42 Å². The van der Waals surface area contributed by atoms with Gasteiger partial charge in [0, 0.05) is 18.8 Å². The van der Waals surface area contributed by atoms with Crippen LogP contribution in [-0.4, -0.2) is 61.3 Å². The van der Waals surface area contributed by atoms with Gasteiger partial charge in [0.25, 0.3) is 0 Å². The molecule has 0 aromatic carbocycles. The van der Waals surface area contributed by atoms with E-state index in [9.17, 15) is 9.59 Å². The van der Waals surface area contributed by atoms with Crippen LogP contribution >= 0.6 is 0 Å². The van der Waals surface area contributed by atoms with Crippen molar-refractivity contribution in [3.63, 3.8) is 0 Å². The largest absolute Gasteiger partial charge is 0.466 e. The van der Waals surface area contributed by atoms with Crippen LogP contribution in [0.3, 0.4) is 0 Å². The van der Waals surface area contributed by atoms with Gasteiger partial charge in [-0.2, -0.15) is 0 Å². The Labute approximate surface area is 99.8 Å². The van der Waals surface area contributed by atoms with E-state index in [1.54, 1.807) is 16.0 Å². The van der Waals surface area contributed by atoms with Crippen molar-refractivity contribution in [3.8, 4) is 0 Å². The van der Waals surface area contributed by atoms with Gasteiger partial charge in [-0.25, -0.2) is 4.79 Å². The fourth-order valence-electron chi connectivity index (χ4n) is 2.00. The Morgan fingerprint density at radius 1 is 1.59 bits per heavy atom. The van der Waals surface area contributed by atoms with Gasteiger partial charge in [0.1, 0.15) is 6.23 Å². The maximum Gasteiger partial charge on any atom is 0.331 e. The van der Waals surface area contributed by atoms with Crippen LogP contribution in [0.5, 0.6) is 0 Å². The highest BCUT2D eigenvalue weighted by atomic mass is 16.5. The molecule has 0 radical (unpaired) electrons. The Morgan fingerprint density at radius 2 is 2.41 bits per heavy atom. The first kappa shape index (κ1) is 11.9. The Morgan fingerprint density at radius 3 is 3.18 bits per heavy atom. The summed E-state index contributed by atoms with van der Waals surface area (Å²) in [4.78, 5) is 26.3. The SMILES string of the molecule is COC(=O)/C=C/N1CC(=O)N2CCCOC2C1. The zero-order valence-electron chi connectivity index (χ0n) is 9.80. The summed E-state index contributed by atoms with van der Waals surface area (Å²) in [5, 5.41) is 0. The van der Waals surface area contributed by atoms with Crippen molar-refractivity contribution in [2.24, 2.45) is 0 Å². The Kier molecular flexibility index (Phi) is 3.63. The fraction of sp³-hybridized carbons (Fsp3) is 0.636. The third-order valence-electron chi connectivity index (χ3n) is 2.87. The van der Waals surface area contributed by atoms with E-state index in [-0.39, 0.29) is 18.7 Å². The van der Waals surface area contributed by atoms with Gasteiger partial charge in [0.15, 0.2) is 0 Å². The number of hydrogen-bond donors (Lipinski definition) is 0. The molecule has 0 aromatic rings. The minimum Gasteiger partial charge on any atom is -0.466 e. The minimum atomic E-state index is -0.426. The van der Waals surface area contributed by atoms with Crippen LogP contribution < -0.4 is 0 Å². The van der Waals surface area contributed by atoms with E-state index in [4.69, 9.17) is 4.74 Å². The number of rotatable bonds is 2. The summed E-state index contributed by atoms with van der Waals surface area (Å²) in [7, 11) is 1.32. The number of ether oxygens (including phenoxy) is 2. The number of fused-ring (bicyclic) bond motifs is 1. The monoisotopic (exact) mass is 240 g/mol. The average molecular weight is 240 g/mol. The van der Waals surface area contributed by atoms with E-state index in [0.717, 1.165) is 13.0 Å².